The van der Waals surface area contributed by atoms with Crippen LogP contribution in [0.4, 0.5) is 4.39 Å². The molecular formula is C13H9FN2. The normalized spacial score (nSPS) is 9.81. The molecule has 1 heterocycles. The molecule has 3 heteroatoms. The third kappa shape index (κ3) is 1.66. The van der Waals surface area contributed by atoms with Crippen LogP contribution in [0.25, 0.3) is 11.3 Å². The summed E-state index contributed by atoms with van der Waals surface area (Å²) in [5.74, 6) is -0.499. The van der Waals surface area contributed by atoms with Gasteiger partial charge in [0.05, 0.1) is 11.3 Å². The first-order chi connectivity index (χ1) is 7.74. The Hall–Kier alpha value is -2.21. The lowest BCUT2D eigenvalue weighted by molar-refractivity contribution is 0.625. The molecule has 0 spiro atoms. The molecule has 2 nitrogen and oxygen atoms in total. The topological polar surface area (TPSA) is 36.7 Å². The molecule has 0 unspecified atom stereocenters. The second-order valence-corrected chi connectivity index (χ2v) is 3.45. The Balaban J connectivity index is 2.65. The molecule has 0 fully saturated rings. The summed E-state index contributed by atoms with van der Waals surface area (Å²) in [6.45, 7) is 1.71. The van der Waals surface area contributed by atoms with E-state index in [0.717, 1.165) is 0 Å². The molecule has 0 amide bonds. The van der Waals surface area contributed by atoms with Gasteiger partial charge in [0.15, 0.2) is 5.82 Å². The Morgan fingerprint density at radius 1 is 1.25 bits per heavy atom. The van der Waals surface area contributed by atoms with Crippen molar-refractivity contribution in [2.75, 3.05) is 0 Å². The van der Waals surface area contributed by atoms with Gasteiger partial charge < -0.3 is 0 Å². The zero-order valence-corrected chi connectivity index (χ0v) is 8.74. The number of halogens is 1. The fourth-order valence-corrected chi connectivity index (χ4v) is 1.53. The molecule has 2 aromatic rings. The summed E-state index contributed by atoms with van der Waals surface area (Å²) in [5, 5.41) is 8.86. The van der Waals surface area contributed by atoms with Gasteiger partial charge >= 0.3 is 0 Å². The molecule has 0 aliphatic heterocycles. The van der Waals surface area contributed by atoms with E-state index in [9.17, 15) is 4.39 Å². The molecule has 0 aliphatic carbocycles. The zero-order chi connectivity index (χ0) is 11.5. The number of aromatic nitrogens is 1. The number of rotatable bonds is 1. The average molecular weight is 212 g/mol. The van der Waals surface area contributed by atoms with E-state index in [1.807, 2.05) is 6.07 Å². The van der Waals surface area contributed by atoms with E-state index in [1.165, 1.54) is 0 Å². The van der Waals surface area contributed by atoms with E-state index in [1.54, 1.807) is 43.5 Å². The van der Waals surface area contributed by atoms with Crippen molar-refractivity contribution in [1.29, 1.82) is 5.26 Å². The summed E-state index contributed by atoms with van der Waals surface area (Å²) in [4.78, 5) is 4.07. The van der Waals surface area contributed by atoms with Crippen LogP contribution in [-0.2, 0) is 0 Å². The van der Waals surface area contributed by atoms with Crippen LogP contribution >= 0.6 is 0 Å². The van der Waals surface area contributed by atoms with Gasteiger partial charge in [0.2, 0.25) is 0 Å². The predicted molar refractivity (Wildman–Crippen MR) is 59.1 cm³/mol. The molecule has 2 rings (SSSR count). The monoisotopic (exact) mass is 212 g/mol. The Morgan fingerprint density at radius 2 is 2.06 bits per heavy atom. The van der Waals surface area contributed by atoms with Gasteiger partial charge in [0.1, 0.15) is 6.07 Å². The molecule has 0 N–H and O–H groups in total. The minimum absolute atomic E-state index is 0.0863. The molecule has 0 saturated carbocycles. The number of pyridine rings is 1. The molecule has 0 radical (unpaired) electrons. The summed E-state index contributed by atoms with van der Waals surface area (Å²) in [6.07, 6.45) is 1.60. The van der Waals surface area contributed by atoms with Crippen LogP contribution in [0.5, 0.6) is 0 Å². The van der Waals surface area contributed by atoms with E-state index >= 15 is 0 Å². The van der Waals surface area contributed by atoms with Crippen molar-refractivity contribution in [3.63, 3.8) is 0 Å². The van der Waals surface area contributed by atoms with Crippen molar-refractivity contribution in [3.05, 3.63) is 53.5 Å². The van der Waals surface area contributed by atoms with Crippen LogP contribution in [0.2, 0.25) is 0 Å². The predicted octanol–water partition coefficient (Wildman–Crippen LogP) is 3.07. The van der Waals surface area contributed by atoms with Crippen molar-refractivity contribution >= 4 is 0 Å². The quantitative estimate of drug-likeness (QED) is 0.728. The average Bonchev–Trinajstić information content (AvgIpc) is 2.31. The summed E-state index contributed by atoms with van der Waals surface area (Å²) >= 11 is 0. The zero-order valence-electron chi connectivity index (χ0n) is 8.74. The first kappa shape index (κ1) is 10.3. The van der Waals surface area contributed by atoms with Gasteiger partial charge in [0.25, 0.3) is 0 Å². The summed E-state index contributed by atoms with van der Waals surface area (Å²) in [7, 11) is 0. The molecular weight excluding hydrogens is 203 g/mol. The highest BCUT2D eigenvalue weighted by molar-refractivity contribution is 5.63. The van der Waals surface area contributed by atoms with Crippen LogP contribution < -0.4 is 0 Å². The van der Waals surface area contributed by atoms with Crippen molar-refractivity contribution in [2.45, 2.75) is 6.92 Å². The number of nitrogens with zero attached hydrogens (tertiary/aromatic N) is 2. The Labute approximate surface area is 93.0 Å². The minimum atomic E-state index is -0.499. The summed E-state index contributed by atoms with van der Waals surface area (Å²) in [6, 6.07) is 10.5. The second kappa shape index (κ2) is 4.11. The first-order valence-corrected chi connectivity index (χ1v) is 4.84. The van der Waals surface area contributed by atoms with Gasteiger partial charge in [-0.2, -0.15) is 5.26 Å². The van der Waals surface area contributed by atoms with E-state index in [-0.39, 0.29) is 5.56 Å². The van der Waals surface area contributed by atoms with Crippen LogP contribution in [-0.4, -0.2) is 4.98 Å². The van der Waals surface area contributed by atoms with E-state index in [4.69, 9.17) is 5.26 Å². The molecule has 16 heavy (non-hydrogen) atoms. The molecule has 0 saturated heterocycles. The van der Waals surface area contributed by atoms with Gasteiger partial charge in [-0.15, -0.1) is 0 Å². The van der Waals surface area contributed by atoms with Crippen LogP contribution in [0.15, 0.2) is 36.5 Å². The number of hydrogen-bond acceptors (Lipinski definition) is 2. The van der Waals surface area contributed by atoms with Gasteiger partial charge in [-0.3, -0.25) is 4.98 Å². The van der Waals surface area contributed by atoms with Gasteiger partial charge in [-0.25, -0.2) is 4.39 Å². The van der Waals surface area contributed by atoms with E-state index < -0.39 is 5.82 Å². The van der Waals surface area contributed by atoms with Crippen LogP contribution in [0, 0.1) is 24.1 Å². The lowest BCUT2D eigenvalue weighted by Crippen LogP contribution is -1.94. The molecule has 1 aromatic heterocycles. The maximum Gasteiger partial charge on any atom is 0.150 e. The largest absolute Gasteiger partial charge is 0.256 e. The number of benzene rings is 1. The number of aryl methyl sites for hydroxylation is 1. The highest BCUT2D eigenvalue weighted by atomic mass is 19.1. The minimum Gasteiger partial charge on any atom is -0.256 e. The third-order valence-corrected chi connectivity index (χ3v) is 2.40. The molecule has 0 aliphatic rings. The Kier molecular flexibility index (Phi) is 2.65. The van der Waals surface area contributed by atoms with Crippen molar-refractivity contribution in [3.8, 4) is 17.3 Å². The SMILES string of the molecule is Cc1ccc(-c2ccccn2)c(F)c1C#N. The molecule has 78 valence electrons. The molecule has 1 aromatic carbocycles. The van der Waals surface area contributed by atoms with Gasteiger partial charge in [-0.05, 0) is 30.7 Å². The number of nitriles is 1. The van der Waals surface area contributed by atoms with Gasteiger partial charge in [-0.1, -0.05) is 12.1 Å². The third-order valence-electron chi connectivity index (χ3n) is 2.40. The summed E-state index contributed by atoms with van der Waals surface area (Å²) < 4.78 is 14.0. The van der Waals surface area contributed by atoms with Crippen LogP contribution in [0.1, 0.15) is 11.1 Å². The molecule has 0 atom stereocenters. The van der Waals surface area contributed by atoms with Crippen molar-refractivity contribution in [1.82, 2.24) is 4.98 Å². The second-order valence-electron chi connectivity index (χ2n) is 3.45. The lowest BCUT2D eigenvalue weighted by atomic mass is 10.0. The highest BCUT2D eigenvalue weighted by Crippen LogP contribution is 2.24. The highest BCUT2D eigenvalue weighted by Gasteiger charge is 2.12. The number of hydrogen-bond donors (Lipinski definition) is 0. The Morgan fingerprint density at radius 3 is 2.69 bits per heavy atom. The maximum absolute atomic E-state index is 14.0. The van der Waals surface area contributed by atoms with Gasteiger partial charge in [0, 0.05) is 11.8 Å². The fraction of sp³-hybridized carbons (Fsp3) is 0.0769. The summed E-state index contributed by atoms with van der Waals surface area (Å²) in [5.41, 5.74) is 1.63. The maximum atomic E-state index is 14.0. The van der Waals surface area contributed by atoms with Crippen molar-refractivity contribution in [2.24, 2.45) is 0 Å². The smallest absolute Gasteiger partial charge is 0.150 e. The fourth-order valence-electron chi connectivity index (χ4n) is 1.53. The molecule has 0 bridgehead atoms. The van der Waals surface area contributed by atoms with E-state index in [2.05, 4.69) is 4.98 Å². The van der Waals surface area contributed by atoms with Crippen LogP contribution in [0.3, 0.4) is 0 Å². The first-order valence-electron chi connectivity index (χ1n) is 4.84. The van der Waals surface area contributed by atoms with E-state index in [0.29, 0.717) is 16.8 Å². The van der Waals surface area contributed by atoms with Crippen molar-refractivity contribution < 1.29 is 4.39 Å². The Bertz CT molecular complexity index is 556. The standard InChI is InChI=1S/C13H9FN2/c1-9-5-6-10(13(14)11(9)8-15)12-4-2-3-7-16-12/h2-7H,1H3. The lowest BCUT2D eigenvalue weighted by Gasteiger charge is -2.05.